The van der Waals surface area contributed by atoms with Gasteiger partial charge in [0.15, 0.2) is 0 Å². The van der Waals surface area contributed by atoms with E-state index in [0.717, 1.165) is 32.3 Å². The molecule has 5 nitrogen and oxygen atoms in total. The summed E-state index contributed by atoms with van der Waals surface area (Å²) in [6.07, 6.45) is 11.1. The van der Waals surface area contributed by atoms with E-state index in [1.54, 1.807) is 0 Å². The molecule has 0 bridgehead atoms. The van der Waals surface area contributed by atoms with Crippen LogP contribution in [0.25, 0.3) is 0 Å². The second kappa shape index (κ2) is 6.87. The number of nitrogens with zero attached hydrogens (tertiary/aromatic N) is 2. The Balaban J connectivity index is 1.68. The van der Waals surface area contributed by atoms with E-state index in [9.17, 15) is 0 Å². The summed E-state index contributed by atoms with van der Waals surface area (Å²) in [6, 6.07) is 0.370. The molecule has 2 heterocycles. The molecule has 0 radical (unpaired) electrons. The minimum Gasteiger partial charge on any atom is -0.378 e. The SMILES string of the molecule is Cn1cc(CCC(CCC2CCCO2)NN)cn1. The zero-order valence-corrected chi connectivity index (χ0v) is 11.1. The van der Waals surface area contributed by atoms with Crippen molar-refractivity contribution in [2.24, 2.45) is 12.9 Å². The van der Waals surface area contributed by atoms with Crippen LogP contribution in [0.5, 0.6) is 0 Å². The number of aromatic nitrogens is 2. The number of hydrogen-bond acceptors (Lipinski definition) is 4. The topological polar surface area (TPSA) is 65.1 Å². The first-order chi connectivity index (χ1) is 8.78. The number of nitrogens with one attached hydrogen (secondary N) is 1. The molecule has 18 heavy (non-hydrogen) atoms. The maximum absolute atomic E-state index is 5.63. The number of ether oxygens (including phenoxy) is 1. The molecule has 1 saturated heterocycles. The van der Waals surface area contributed by atoms with Crippen LogP contribution in [0, 0.1) is 0 Å². The Morgan fingerprint density at radius 2 is 2.50 bits per heavy atom. The highest BCUT2D eigenvalue weighted by molar-refractivity contribution is 5.03. The highest BCUT2D eigenvalue weighted by atomic mass is 16.5. The van der Waals surface area contributed by atoms with Crippen molar-refractivity contribution >= 4 is 0 Å². The number of aryl methyl sites for hydroxylation is 2. The maximum atomic E-state index is 5.63. The molecule has 2 atom stereocenters. The van der Waals surface area contributed by atoms with Crippen molar-refractivity contribution in [3.63, 3.8) is 0 Å². The number of nitrogens with two attached hydrogens (primary N) is 1. The van der Waals surface area contributed by atoms with E-state index >= 15 is 0 Å². The van der Waals surface area contributed by atoms with E-state index in [4.69, 9.17) is 10.6 Å². The highest BCUT2D eigenvalue weighted by Crippen LogP contribution is 2.18. The Labute approximate surface area is 109 Å². The van der Waals surface area contributed by atoms with Crippen LogP contribution in [-0.4, -0.2) is 28.5 Å². The van der Waals surface area contributed by atoms with Gasteiger partial charge in [0.2, 0.25) is 0 Å². The Morgan fingerprint density at radius 3 is 3.11 bits per heavy atom. The largest absolute Gasteiger partial charge is 0.378 e. The molecule has 0 aliphatic carbocycles. The smallest absolute Gasteiger partial charge is 0.0576 e. The summed E-state index contributed by atoms with van der Waals surface area (Å²) < 4.78 is 7.47. The Kier molecular flexibility index (Phi) is 5.16. The predicted octanol–water partition coefficient (Wildman–Crippen LogP) is 1.14. The lowest BCUT2D eigenvalue weighted by atomic mass is 10.0. The third-order valence-corrected chi connectivity index (χ3v) is 3.64. The van der Waals surface area contributed by atoms with Crippen molar-refractivity contribution in [1.82, 2.24) is 15.2 Å². The number of hydrazine groups is 1. The van der Waals surface area contributed by atoms with Crippen molar-refractivity contribution in [3.05, 3.63) is 18.0 Å². The molecular formula is C13H24N4O. The molecule has 1 fully saturated rings. The average molecular weight is 252 g/mol. The first kappa shape index (κ1) is 13.5. The molecule has 0 aromatic carbocycles. The zero-order valence-electron chi connectivity index (χ0n) is 11.1. The molecule has 3 N–H and O–H groups in total. The second-order valence-electron chi connectivity index (χ2n) is 5.14. The van der Waals surface area contributed by atoms with Gasteiger partial charge in [0.05, 0.1) is 12.3 Å². The number of rotatable bonds is 7. The van der Waals surface area contributed by atoms with E-state index in [0.29, 0.717) is 12.1 Å². The third kappa shape index (κ3) is 4.08. The molecule has 2 rings (SSSR count). The summed E-state index contributed by atoms with van der Waals surface area (Å²) in [5, 5.41) is 4.17. The first-order valence-corrected chi connectivity index (χ1v) is 6.83. The zero-order chi connectivity index (χ0) is 12.8. The normalized spacial score (nSPS) is 21.3. The Morgan fingerprint density at radius 1 is 1.61 bits per heavy atom. The van der Waals surface area contributed by atoms with Crippen LogP contribution in [0.15, 0.2) is 12.4 Å². The van der Waals surface area contributed by atoms with Gasteiger partial charge in [0.25, 0.3) is 0 Å². The van der Waals surface area contributed by atoms with E-state index in [1.807, 2.05) is 17.9 Å². The maximum Gasteiger partial charge on any atom is 0.0576 e. The lowest BCUT2D eigenvalue weighted by molar-refractivity contribution is 0.0993. The van der Waals surface area contributed by atoms with Crippen molar-refractivity contribution in [3.8, 4) is 0 Å². The molecule has 1 aromatic heterocycles. The van der Waals surface area contributed by atoms with Gasteiger partial charge in [-0.1, -0.05) is 0 Å². The summed E-state index contributed by atoms with van der Waals surface area (Å²) in [6.45, 7) is 0.932. The van der Waals surface area contributed by atoms with E-state index in [2.05, 4.69) is 16.7 Å². The monoisotopic (exact) mass is 252 g/mol. The second-order valence-corrected chi connectivity index (χ2v) is 5.14. The quantitative estimate of drug-likeness (QED) is 0.564. The van der Waals surface area contributed by atoms with Gasteiger partial charge in [-0.25, -0.2) is 0 Å². The molecule has 1 aliphatic rings. The molecule has 0 amide bonds. The fourth-order valence-electron chi connectivity index (χ4n) is 2.51. The van der Waals surface area contributed by atoms with Crippen molar-refractivity contribution in [2.75, 3.05) is 6.61 Å². The van der Waals surface area contributed by atoms with Gasteiger partial charge in [-0.2, -0.15) is 5.10 Å². The van der Waals surface area contributed by atoms with Crippen molar-refractivity contribution in [2.45, 2.75) is 50.7 Å². The molecule has 1 aromatic rings. The minimum absolute atomic E-state index is 0.370. The minimum atomic E-state index is 0.370. The molecular weight excluding hydrogens is 228 g/mol. The van der Waals surface area contributed by atoms with Crippen LogP contribution in [0.4, 0.5) is 0 Å². The van der Waals surface area contributed by atoms with E-state index in [1.165, 1.54) is 18.4 Å². The van der Waals surface area contributed by atoms with Gasteiger partial charge >= 0.3 is 0 Å². The van der Waals surface area contributed by atoms with Gasteiger partial charge in [0.1, 0.15) is 0 Å². The van der Waals surface area contributed by atoms with Crippen molar-refractivity contribution in [1.29, 1.82) is 0 Å². The van der Waals surface area contributed by atoms with E-state index < -0.39 is 0 Å². The van der Waals surface area contributed by atoms with Crippen LogP contribution >= 0.6 is 0 Å². The van der Waals surface area contributed by atoms with Gasteiger partial charge < -0.3 is 4.74 Å². The fourth-order valence-corrected chi connectivity index (χ4v) is 2.51. The summed E-state index contributed by atoms with van der Waals surface area (Å²) in [4.78, 5) is 0. The van der Waals surface area contributed by atoms with Crippen LogP contribution < -0.4 is 11.3 Å². The fraction of sp³-hybridized carbons (Fsp3) is 0.769. The van der Waals surface area contributed by atoms with Crippen LogP contribution in [0.1, 0.15) is 37.7 Å². The highest BCUT2D eigenvalue weighted by Gasteiger charge is 2.17. The van der Waals surface area contributed by atoms with Gasteiger partial charge in [-0.3, -0.25) is 16.0 Å². The first-order valence-electron chi connectivity index (χ1n) is 6.83. The van der Waals surface area contributed by atoms with Gasteiger partial charge in [-0.05, 0) is 44.1 Å². The van der Waals surface area contributed by atoms with Crippen LogP contribution in [0.3, 0.4) is 0 Å². The van der Waals surface area contributed by atoms with E-state index in [-0.39, 0.29) is 0 Å². The summed E-state index contributed by atoms with van der Waals surface area (Å²) >= 11 is 0. The molecule has 0 saturated carbocycles. The summed E-state index contributed by atoms with van der Waals surface area (Å²) in [7, 11) is 1.94. The van der Waals surface area contributed by atoms with Gasteiger partial charge in [0, 0.05) is 25.9 Å². The van der Waals surface area contributed by atoms with Crippen LogP contribution in [0.2, 0.25) is 0 Å². The standard InChI is InChI=1S/C13H24N4O/c1-17-10-11(9-15-17)4-5-12(16-14)6-7-13-3-2-8-18-13/h9-10,12-13,16H,2-8,14H2,1H3. The molecule has 0 spiro atoms. The molecule has 2 unspecified atom stereocenters. The number of hydrogen-bond donors (Lipinski definition) is 2. The molecule has 102 valence electrons. The van der Waals surface area contributed by atoms with Crippen LogP contribution in [-0.2, 0) is 18.2 Å². The Bertz CT molecular complexity index is 347. The predicted molar refractivity (Wildman–Crippen MR) is 70.8 cm³/mol. The average Bonchev–Trinajstić information content (AvgIpc) is 3.01. The summed E-state index contributed by atoms with van der Waals surface area (Å²) in [5.74, 6) is 5.62. The lowest BCUT2D eigenvalue weighted by Gasteiger charge is -2.17. The lowest BCUT2D eigenvalue weighted by Crippen LogP contribution is -2.36. The summed E-state index contributed by atoms with van der Waals surface area (Å²) in [5.41, 5.74) is 4.19. The Hall–Kier alpha value is -0.910. The molecule has 5 heteroatoms. The third-order valence-electron chi connectivity index (χ3n) is 3.64. The molecule has 1 aliphatic heterocycles. The van der Waals surface area contributed by atoms with Crippen molar-refractivity contribution < 1.29 is 4.74 Å². The van der Waals surface area contributed by atoms with Gasteiger partial charge in [-0.15, -0.1) is 0 Å².